The van der Waals surface area contributed by atoms with Gasteiger partial charge in [-0.05, 0) is 18.3 Å². The SMILES string of the molecule is C[C@H]1[C@H](C)CCC[C@H]1NC(=O)CCNS(C)(=O)=O. The zero-order valence-corrected chi connectivity index (χ0v) is 12.2. The first-order valence-corrected chi connectivity index (χ1v) is 8.42. The van der Waals surface area contributed by atoms with E-state index in [4.69, 9.17) is 0 Å². The smallest absolute Gasteiger partial charge is 0.221 e. The van der Waals surface area contributed by atoms with Gasteiger partial charge in [0, 0.05) is 19.0 Å². The molecule has 0 saturated heterocycles. The van der Waals surface area contributed by atoms with E-state index >= 15 is 0 Å². The van der Waals surface area contributed by atoms with Crippen LogP contribution in [0.15, 0.2) is 0 Å². The number of nitrogens with one attached hydrogen (secondary N) is 2. The summed E-state index contributed by atoms with van der Waals surface area (Å²) in [6.07, 6.45) is 4.69. The quantitative estimate of drug-likeness (QED) is 0.782. The van der Waals surface area contributed by atoms with Gasteiger partial charge in [-0.1, -0.05) is 26.7 Å². The van der Waals surface area contributed by atoms with Crippen LogP contribution in [-0.4, -0.2) is 33.2 Å². The third-order valence-corrected chi connectivity index (χ3v) is 4.50. The molecule has 106 valence electrons. The van der Waals surface area contributed by atoms with Gasteiger partial charge in [0.15, 0.2) is 0 Å². The van der Waals surface area contributed by atoms with Gasteiger partial charge in [-0.15, -0.1) is 0 Å². The highest BCUT2D eigenvalue weighted by atomic mass is 32.2. The fourth-order valence-corrected chi connectivity index (χ4v) is 2.89. The maximum atomic E-state index is 11.7. The number of carbonyl (C=O) groups excluding carboxylic acids is 1. The summed E-state index contributed by atoms with van der Waals surface area (Å²) < 4.78 is 24.0. The molecule has 0 bridgehead atoms. The van der Waals surface area contributed by atoms with Gasteiger partial charge in [-0.2, -0.15) is 0 Å². The van der Waals surface area contributed by atoms with E-state index in [1.165, 1.54) is 6.42 Å². The van der Waals surface area contributed by atoms with Crippen LogP contribution in [0.1, 0.15) is 39.5 Å². The molecule has 0 aromatic rings. The number of hydrogen-bond acceptors (Lipinski definition) is 3. The fourth-order valence-electron chi connectivity index (χ4n) is 2.41. The lowest BCUT2D eigenvalue weighted by Gasteiger charge is -2.34. The Kier molecular flexibility index (Phi) is 5.59. The standard InChI is InChI=1S/C12H24N2O3S/c1-9-5-4-6-11(10(9)2)14-12(15)7-8-13-18(3,16)17/h9-11,13H,4-8H2,1-3H3,(H,14,15)/t9-,10+,11-/m1/s1. The maximum Gasteiger partial charge on any atom is 0.221 e. The van der Waals surface area contributed by atoms with Crippen molar-refractivity contribution in [2.45, 2.75) is 45.6 Å². The Morgan fingerprint density at radius 1 is 1.28 bits per heavy atom. The molecule has 18 heavy (non-hydrogen) atoms. The van der Waals surface area contributed by atoms with Gasteiger partial charge in [-0.3, -0.25) is 4.79 Å². The van der Waals surface area contributed by atoms with Crippen molar-refractivity contribution < 1.29 is 13.2 Å². The van der Waals surface area contributed by atoms with Crippen molar-refractivity contribution >= 4 is 15.9 Å². The van der Waals surface area contributed by atoms with Gasteiger partial charge in [-0.25, -0.2) is 13.1 Å². The highest BCUT2D eigenvalue weighted by Crippen LogP contribution is 2.29. The molecule has 0 spiro atoms. The van der Waals surface area contributed by atoms with Crippen LogP contribution in [0.25, 0.3) is 0 Å². The summed E-state index contributed by atoms with van der Waals surface area (Å²) in [6, 6.07) is 0.236. The Hall–Kier alpha value is -0.620. The van der Waals surface area contributed by atoms with E-state index in [2.05, 4.69) is 23.9 Å². The molecule has 0 aromatic carbocycles. The van der Waals surface area contributed by atoms with E-state index in [0.29, 0.717) is 11.8 Å². The van der Waals surface area contributed by atoms with E-state index in [1.54, 1.807) is 0 Å². The average molecular weight is 276 g/mol. The average Bonchev–Trinajstić information content (AvgIpc) is 2.23. The third kappa shape index (κ3) is 5.35. The van der Waals surface area contributed by atoms with Crippen molar-refractivity contribution in [3.05, 3.63) is 0 Å². The Bertz CT molecular complexity index is 381. The molecule has 0 unspecified atom stereocenters. The first kappa shape index (κ1) is 15.4. The summed E-state index contributed by atoms with van der Waals surface area (Å²) in [4.78, 5) is 11.7. The van der Waals surface area contributed by atoms with Crippen molar-refractivity contribution in [1.82, 2.24) is 10.0 Å². The van der Waals surface area contributed by atoms with E-state index in [9.17, 15) is 13.2 Å². The third-order valence-electron chi connectivity index (χ3n) is 3.77. The second-order valence-electron chi connectivity index (χ2n) is 5.36. The minimum absolute atomic E-state index is 0.0721. The van der Waals surface area contributed by atoms with Crippen LogP contribution in [0.3, 0.4) is 0 Å². The molecule has 5 nitrogen and oxygen atoms in total. The van der Waals surface area contributed by atoms with Gasteiger partial charge < -0.3 is 5.32 Å². The van der Waals surface area contributed by atoms with Crippen LogP contribution in [0.4, 0.5) is 0 Å². The molecule has 0 heterocycles. The number of amides is 1. The maximum absolute atomic E-state index is 11.7. The van der Waals surface area contributed by atoms with Crippen molar-refractivity contribution in [3.63, 3.8) is 0 Å². The van der Waals surface area contributed by atoms with Crippen molar-refractivity contribution in [2.75, 3.05) is 12.8 Å². The Balaban J connectivity index is 2.31. The zero-order chi connectivity index (χ0) is 13.8. The minimum Gasteiger partial charge on any atom is -0.353 e. The molecule has 1 rings (SSSR count). The van der Waals surface area contributed by atoms with E-state index in [1.807, 2.05) is 0 Å². The monoisotopic (exact) mass is 276 g/mol. The largest absolute Gasteiger partial charge is 0.353 e. The summed E-state index contributed by atoms with van der Waals surface area (Å²) in [5, 5.41) is 3.01. The van der Waals surface area contributed by atoms with Gasteiger partial charge in [0.2, 0.25) is 15.9 Å². The Morgan fingerprint density at radius 2 is 1.94 bits per heavy atom. The second kappa shape index (κ2) is 6.52. The lowest BCUT2D eigenvalue weighted by atomic mass is 9.78. The molecule has 1 amide bonds. The van der Waals surface area contributed by atoms with Crippen LogP contribution < -0.4 is 10.0 Å². The number of rotatable bonds is 5. The lowest BCUT2D eigenvalue weighted by molar-refractivity contribution is -0.122. The van der Waals surface area contributed by atoms with E-state index < -0.39 is 10.0 Å². The van der Waals surface area contributed by atoms with Crippen LogP contribution in [0, 0.1) is 11.8 Å². The normalized spacial score (nSPS) is 28.9. The van der Waals surface area contributed by atoms with Crippen LogP contribution >= 0.6 is 0 Å². The summed E-state index contributed by atoms with van der Waals surface area (Å²) in [5.74, 6) is 1.06. The fraction of sp³-hybridized carbons (Fsp3) is 0.917. The van der Waals surface area contributed by atoms with Crippen LogP contribution in [-0.2, 0) is 14.8 Å². The topological polar surface area (TPSA) is 75.3 Å². The molecule has 1 aliphatic carbocycles. The summed E-state index contributed by atoms with van der Waals surface area (Å²) in [5.41, 5.74) is 0. The molecule has 1 fully saturated rings. The first-order chi connectivity index (χ1) is 8.29. The molecule has 1 saturated carbocycles. The highest BCUT2D eigenvalue weighted by Gasteiger charge is 2.27. The van der Waals surface area contributed by atoms with Crippen LogP contribution in [0.2, 0.25) is 0 Å². The Labute approximate surface area is 110 Å². The molecular weight excluding hydrogens is 252 g/mol. The number of carbonyl (C=O) groups is 1. The predicted molar refractivity (Wildman–Crippen MR) is 71.6 cm³/mol. The summed E-state index contributed by atoms with van der Waals surface area (Å²) in [6.45, 7) is 4.55. The van der Waals surface area contributed by atoms with Gasteiger partial charge >= 0.3 is 0 Å². The second-order valence-corrected chi connectivity index (χ2v) is 7.19. The molecule has 2 N–H and O–H groups in total. The minimum atomic E-state index is -3.20. The molecule has 0 radical (unpaired) electrons. The van der Waals surface area contributed by atoms with Crippen molar-refractivity contribution in [2.24, 2.45) is 11.8 Å². The summed E-state index contributed by atoms with van der Waals surface area (Å²) >= 11 is 0. The molecule has 3 atom stereocenters. The van der Waals surface area contributed by atoms with Gasteiger partial charge in [0.1, 0.15) is 0 Å². The molecule has 1 aliphatic rings. The van der Waals surface area contributed by atoms with E-state index in [0.717, 1.165) is 19.1 Å². The molecule has 6 heteroatoms. The lowest BCUT2D eigenvalue weighted by Crippen LogP contribution is -2.44. The highest BCUT2D eigenvalue weighted by molar-refractivity contribution is 7.88. The molecule has 0 aliphatic heterocycles. The Morgan fingerprint density at radius 3 is 2.56 bits per heavy atom. The zero-order valence-electron chi connectivity index (χ0n) is 11.4. The predicted octanol–water partition coefficient (Wildman–Crippen LogP) is 0.867. The number of hydrogen-bond donors (Lipinski definition) is 2. The van der Waals surface area contributed by atoms with Crippen LogP contribution in [0.5, 0.6) is 0 Å². The van der Waals surface area contributed by atoms with Gasteiger partial charge in [0.05, 0.1) is 6.26 Å². The molecular formula is C12H24N2O3S. The van der Waals surface area contributed by atoms with Crippen molar-refractivity contribution in [1.29, 1.82) is 0 Å². The first-order valence-electron chi connectivity index (χ1n) is 6.53. The summed E-state index contributed by atoms with van der Waals surface area (Å²) in [7, 11) is -3.20. The van der Waals surface area contributed by atoms with E-state index in [-0.39, 0.29) is 24.9 Å². The molecule has 0 aromatic heterocycles. The van der Waals surface area contributed by atoms with Gasteiger partial charge in [0.25, 0.3) is 0 Å². The van der Waals surface area contributed by atoms with Crippen molar-refractivity contribution in [3.8, 4) is 0 Å². The number of sulfonamides is 1.